The highest BCUT2D eigenvalue weighted by Gasteiger charge is 2.71. The number of para-hydroxylation sites is 1. The van der Waals surface area contributed by atoms with Crippen molar-refractivity contribution >= 4 is 33.4 Å². The third-order valence-electron chi connectivity index (χ3n) is 8.13. The summed E-state index contributed by atoms with van der Waals surface area (Å²) in [6, 6.07) is 12.0. The molecule has 0 aliphatic heterocycles. The average Bonchev–Trinajstić information content (AvgIpc) is 3.29. The fraction of sp³-hybridized carbons (Fsp3) is 0.370. The van der Waals surface area contributed by atoms with Crippen molar-refractivity contribution in [1.29, 1.82) is 0 Å². The number of furan rings is 1. The summed E-state index contributed by atoms with van der Waals surface area (Å²) in [6.07, 6.45) is 8.86. The van der Waals surface area contributed by atoms with Crippen molar-refractivity contribution in [1.82, 2.24) is 9.55 Å². The van der Waals surface area contributed by atoms with Gasteiger partial charge in [-0.05, 0) is 55.7 Å². The second kappa shape index (κ2) is 6.64. The van der Waals surface area contributed by atoms with E-state index in [2.05, 4.69) is 22.5 Å². The summed E-state index contributed by atoms with van der Waals surface area (Å²) in [5.74, 6) is 1.57. The third kappa shape index (κ3) is 2.73. The fourth-order valence-electron chi connectivity index (χ4n) is 6.14. The van der Waals surface area contributed by atoms with Crippen molar-refractivity contribution in [2.75, 3.05) is 0 Å². The molecule has 3 aliphatic carbocycles. The molecule has 1 aromatic carbocycles. The molecule has 3 heterocycles. The minimum Gasteiger partial charge on any atom is -0.459 e. The van der Waals surface area contributed by atoms with Gasteiger partial charge in [0.15, 0.2) is 5.78 Å². The zero-order chi connectivity index (χ0) is 22.1. The van der Waals surface area contributed by atoms with Crippen LogP contribution in [0.4, 0.5) is 0 Å². The van der Waals surface area contributed by atoms with Crippen molar-refractivity contribution in [3.8, 4) is 0 Å². The second-order valence-electron chi connectivity index (χ2n) is 10.1. The smallest absolute Gasteiger partial charge is 0.166 e. The molecule has 3 aliphatic rings. The van der Waals surface area contributed by atoms with Crippen LogP contribution in [0.15, 0.2) is 59.4 Å². The Morgan fingerprint density at radius 3 is 2.66 bits per heavy atom. The molecule has 7 rings (SSSR count). The van der Waals surface area contributed by atoms with E-state index < -0.39 is 0 Å². The van der Waals surface area contributed by atoms with Gasteiger partial charge in [0.25, 0.3) is 0 Å². The van der Waals surface area contributed by atoms with Crippen LogP contribution < -0.4 is 0 Å². The predicted molar refractivity (Wildman–Crippen MR) is 123 cm³/mol. The first-order valence-corrected chi connectivity index (χ1v) is 11.3. The topological polar surface area (TPSA) is 65.1 Å². The Kier molecular flexibility index (Phi) is 4.04. The lowest BCUT2D eigenvalue weighted by molar-refractivity contribution is -0.223. The number of carbonyl (C=O) groups is 2. The standard InChI is InChI=1S/C27H26N2O3/c1-17(26-14-27(15-26,16-26)18(2)30)9-23(31)22-12-28-11-20-7-8-29(25(20)22)13-21-10-19-5-3-4-6-24(19)32-21/h3-8,10-12,17H,9,13-16H2,1-2H3/t17-,26?,27?/m0/s1. The van der Waals surface area contributed by atoms with Crippen LogP contribution in [-0.2, 0) is 11.3 Å². The van der Waals surface area contributed by atoms with E-state index in [-0.39, 0.29) is 22.5 Å². The van der Waals surface area contributed by atoms with E-state index in [1.165, 1.54) is 0 Å². The van der Waals surface area contributed by atoms with Crippen LogP contribution in [0.1, 0.15) is 55.6 Å². The number of carbonyl (C=O) groups excluding carboxylic acids is 2. The lowest BCUT2D eigenvalue weighted by atomic mass is 9.31. The minimum atomic E-state index is -0.0693. The van der Waals surface area contributed by atoms with Crippen LogP contribution in [0.5, 0.6) is 0 Å². The van der Waals surface area contributed by atoms with Gasteiger partial charge in [0, 0.05) is 41.2 Å². The van der Waals surface area contributed by atoms with E-state index in [0.717, 1.165) is 46.9 Å². The number of hydrogen-bond acceptors (Lipinski definition) is 4. The minimum absolute atomic E-state index is 0.0693. The van der Waals surface area contributed by atoms with Gasteiger partial charge in [0.1, 0.15) is 17.1 Å². The van der Waals surface area contributed by atoms with Gasteiger partial charge < -0.3 is 8.98 Å². The van der Waals surface area contributed by atoms with Crippen molar-refractivity contribution in [2.24, 2.45) is 16.7 Å². The zero-order valence-electron chi connectivity index (χ0n) is 18.4. The lowest BCUT2D eigenvalue weighted by Crippen LogP contribution is -2.67. The monoisotopic (exact) mass is 426 g/mol. The van der Waals surface area contributed by atoms with E-state index in [4.69, 9.17) is 4.42 Å². The van der Waals surface area contributed by atoms with Gasteiger partial charge in [-0.3, -0.25) is 14.6 Å². The van der Waals surface area contributed by atoms with Crippen LogP contribution in [0.2, 0.25) is 0 Å². The zero-order valence-corrected chi connectivity index (χ0v) is 18.4. The molecule has 5 heteroatoms. The van der Waals surface area contributed by atoms with Crippen LogP contribution in [0.3, 0.4) is 0 Å². The van der Waals surface area contributed by atoms with E-state index in [1.807, 2.05) is 42.7 Å². The van der Waals surface area contributed by atoms with Gasteiger partial charge in [-0.2, -0.15) is 0 Å². The molecule has 32 heavy (non-hydrogen) atoms. The van der Waals surface area contributed by atoms with E-state index in [1.54, 1.807) is 13.1 Å². The summed E-state index contributed by atoms with van der Waals surface area (Å²) < 4.78 is 8.09. The van der Waals surface area contributed by atoms with Crippen molar-refractivity contribution in [3.63, 3.8) is 0 Å². The molecule has 3 fully saturated rings. The molecule has 5 nitrogen and oxygen atoms in total. The van der Waals surface area contributed by atoms with Gasteiger partial charge in [-0.25, -0.2) is 0 Å². The molecule has 1 atom stereocenters. The Morgan fingerprint density at radius 2 is 1.91 bits per heavy atom. The number of benzene rings is 1. The number of aromatic nitrogens is 2. The number of nitrogens with zero attached hydrogens (tertiary/aromatic N) is 2. The van der Waals surface area contributed by atoms with Gasteiger partial charge in [-0.15, -0.1) is 0 Å². The Bertz CT molecular complexity index is 1340. The Balaban J connectivity index is 1.26. The normalized spacial score (nSPS) is 24.8. The van der Waals surface area contributed by atoms with Crippen molar-refractivity contribution in [2.45, 2.75) is 46.1 Å². The first-order valence-electron chi connectivity index (χ1n) is 11.3. The first kappa shape index (κ1) is 19.5. The molecular weight excluding hydrogens is 400 g/mol. The molecule has 0 unspecified atom stereocenters. The maximum atomic E-state index is 13.4. The van der Waals surface area contributed by atoms with Crippen LogP contribution >= 0.6 is 0 Å². The SMILES string of the molecule is CC(=O)C12CC([C@@H](C)CC(=O)c3cncc4ccn(Cc5cc6ccccc6o5)c34)(C1)C2. The molecule has 0 spiro atoms. The quantitative estimate of drug-likeness (QED) is 0.350. The predicted octanol–water partition coefficient (Wildman–Crippen LogP) is 5.80. The number of Topliss-reactive ketones (excluding diaryl/α,β-unsaturated/α-hetero) is 2. The van der Waals surface area contributed by atoms with Crippen LogP contribution in [0, 0.1) is 16.7 Å². The highest BCUT2D eigenvalue weighted by molar-refractivity contribution is 6.06. The molecule has 162 valence electrons. The Labute approximate surface area is 186 Å². The van der Waals surface area contributed by atoms with Gasteiger partial charge in [0.2, 0.25) is 0 Å². The summed E-state index contributed by atoms with van der Waals surface area (Å²) >= 11 is 0. The highest BCUT2D eigenvalue weighted by atomic mass is 16.3. The Morgan fingerprint density at radius 1 is 1.12 bits per heavy atom. The van der Waals surface area contributed by atoms with E-state index >= 15 is 0 Å². The van der Waals surface area contributed by atoms with Gasteiger partial charge in [-0.1, -0.05) is 25.1 Å². The molecule has 0 amide bonds. The third-order valence-corrected chi connectivity index (χ3v) is 8.13. The first-order chi connectivity index (χ1) is 15.4. The number of hydrogen-bond donors (Lipinski definition) is 0. The highest BCUT2D eigenvalue weighted by Crippen LogP contribution is 2.76. The molecule has 0 saturated heterocycles. The molecular formula is C27H26N2O3. The van der Waals surface area contributed by atoms with Crippen molar-refractivity contribution in [3.05, 3.63) is 66.3 Å². The average molecular weight is 427 g/mol. The van der Waals surface area contributed by atoms with E-state index in [9.17, 15) is 9.59 Å². The molecule has 0 radical (unpaired) electrons. The largest absolute Gasteiger partial charge is 0.459 e. The maximum absolute atomic E-state index is 13.4. The molecule has 2 bridgehead atoms. The summed E-state index contributed by atoms with van der Waals surface area (Å²) in [5, 5.41) is 2.04. The molecule has 4 aromatic rings. The number of ketones is 2. The Hall–Kier alpha value is -3.21. The van der Waals surface area contributed by atoms with Crippen LogP contribution in [-0.4, -0.2) is 21.1 Å². The van der Waals surface area contributed by atoms with Gasteiger partial charge >= 0.3 is 0 Å². The fourth-order valence-corrected chi connectivity index (χ4v) is 6.14. The molecule has 3 aromatic heterocycles. The summed E-state index contributed by atoms with van der Waals surface area (Å²) in [4.78, 5) is 29.6. The maximum Gasteiger partial charge on any atom is 0.166 e. The molecule has 3 saturated carbocycles. The number of rotatable bonds is 7. The molecule has 0 N–H and O–H groups in total. The van der Waals surface area contributed by atoms with Crippen molar-refractivity contribution < 1.29 is 14.0 Å². The number of fused-ring (bicyclic) bond motifs is 2. The summed E-state index contributed by atoms with van der Waals surface area (Å²) in [6.45, 7) is 4.44. The summed E-state index contributed by atoms with van der Waals surface area (Å²) in [5.41, 5.74) is 2.56. The second-order valence-corrected chi connectivity index (χ2v) is 10.1. The number of pyridine rings is 1. The summed E-state index contributed by atoms with van der Waals surface area (Å²) in [7, 11) is 0. The van der Waals surface area contributed by atoms with Crippen LogP contribution in [0.25, 0.3) is 21.9 Å². The lowest BCUT2D eigenvalue weighted by Gasteiger charge is -2.72. The van der Waals surface area contributed by atoms with Gasteiger partial charge in [0.05, 0.1) is 17.6 Å². The van der Waals surface area contributed by atoms with E-state index in [0.29, 0.717) is 24.3 Å².